The number of rotatable bonds is 3. The molecule has 1 aromatic heterocycles. The van der Waals surface area contributed by atoms with Gasteiger partial charge in [-0.15, -0.1) is 0 Å². The van der Waals surface area contributed by atoms with Crippen LogP contribution >= 0.6 is 0 Å². The lowest BCUT2D eigenvalue weighted by Gasteiger charge is -2.39. The van der Waals surface area contributed by atoms with Crippen LogP contribution in [0.2, 0.25) is 0 Å². The van der Waals surface area contributed by atoms with Gasteiger partial charge in [0.2, 0.25) is 16.0 Å². The Kier molecular flexibility index (Phi) is 3.96. The molecule has 2 aromatic rings. The maximum Gasteiger partial charge on any atom is 0.240 e. The lowest BCUT2D eigenvalue weighted by Crippen LogP contribution is -2.46. The van der Waals surface area contributed by atoms with Crippen LogP contribution in [-0.4, -0.2) is 31.0 Å². The molecule has 1 saturated heterocycles. The fourth-order valence-electron chi connectivity index (χ4n) is 3.51. The Hall–Kier alpha value is -2.13. The second kappa shape index (κ2) is 5.95. The van der Waals surface area contributed by atoms with E-state index in [-0.39, 0.29) is 5.56 Å². The van der Waals surface area contributed by atoms with Crippen molar-refractivity contribution in [3.8, 4) is 11.3 Å². The van der Waals surface area contributed by atoms with E-state index in [4.69, 9.17) is 5.14 Å². The molecule has 0 radical (unpaired) electrons. The van der Waals surface area contributed by atoms with Crippen molar-refractivity contribution < 1.29 is 17.2 Å². The van der Waals surface area contributed by atoms with E-state index in [0.717, 1.165) is 43.1 Å². The third-order valence-corrected chi connectivity index (χ3v) is 6.01. The number of anilines is 1. The summed E-state index contributed by atoms with van der Waals surface area (Å²) in [6, 6.07) is 1.77. The Morgan fingerprint density at radius 1 is 1.19 bits per heavy atom. The summed E-state index contributed by atoms with van der Waals surface area (Å²) in [6.45, 7) is 2.87. The Bertz CT molecular complexity index is 1010. The summed E-state index contributed by atoms with van der Waals surface area (Å²) < 4.78 is 51.7. The smallest absolute Gasteiger partial charge is 0.240 e. The zero-order valence-electron chi connectivity index (χ0n) is 14.2. The van der Waals surface area contributed by atoms with Crippen LogP contribution in [0.25, 0.3) is 11.3 Å². The first kappa shape index (κ1) is 17.3. The SMILES string of the molecule is C[C@H]1CCN1c1nc2c(c(-c3cc(S(N)(=O)=O)c(F)cc3F)n1)CCC2. The Morgan fingerprint density at radius 2 is 1.96 bits per heavy atom. The summed E-state index contributed by atoms with van der Waals surface area (Å²) in [6.07, 6.45) is 3.31. The molecule has 26 heavy (non-hydrogen) atoms. The molecule has 2 aliphatic rings. The molecule has 1 aliphatic heterocycles. The summed E-state index contributed by atoms with van der Waals surface area (Å²) in [5.41, 5.74) is 1.88. The third kappa shape index (κ3) is 2.75. The minimum absolute atomic E-state index is 0.0644. The van der Waals surface area contributed by atoms with Crippen LogP contribution in [0.1, 0.15) is 31.0 Å². The molecular formula is C17H18F2N4O2S. The van der Waals surface area contributed by atoms with E-state index in [9.17, 15) is 17.2 Å². The number of aromatic nitrogens is 2. The molecular weight excluding hydrogens is 362 g/mol. The number of fused-ring (bicyclic) bond motifs is 1. The Balaban J connectivity index is 1.93. The number of hydrogen-bond donors (Lipinski definition) is 1. The normalized spacial score (nSPS) is 19.4. The van der Waals surface area contributed by atoms with Crippen molar-refractivity contribution in [3.63, 3.8) is 0 Å². The number of nitrogens with zero attached hydrogens (tertiary/aromatic N) is 3. The van der Waals surface area contributed by atoms with Crippen molar-refractivity contribution in [2.75, 3.05) is 11.4 Å². The van der Waals surface area contributed by atoms with E-state index in [2.05, 4.69) is 16.9 Å². The molecule has 2 heterocycles. The zero-order valence-corrected chi connectivity index (χ0v) is 15.0. The summed E-state index contributed by atoms with van der Waals surface area (Å²) in [5, 5.41) is 5.06. The molecule has 138 valence electrons. The molecule has 0 amide bonds. The predicted octanol–water partition coefficient (Wildman–Crippen LogP) is 2.16. The molecule has 6 nitrogen and oxygen atoms in total. The first-order valence-corrected chi connectivity index (χ1v) is 9.99. The molecule has 0 unspecified atom stereocenters. The molecule has 1 aliphatic carbocycles. The maximum absolute atomic E-state index is 14.5. The van der Waals surface area contributed by atoms with E-state index in [0.29, 0.717) is 30.2 Å². The minimum Gasteiger partial charge on any atom is -0.338 e. The van der Waals surface area contributed by atoms with Gasteiger partial charge in [0.05, 0.1) is 5.69 Å². The molecule has 9 heteroatoms. The van der Waals surface area contributed by atoms with E-state index in [1.807, 2.05) is 4.90 Å². The third-order valence-electron chi connectivity index (χ3n) is 5.08. The van der Waals surface area contributed by atoms with Gasteiger partial charge in [-0.1, -0.05) is 0 Å². The van der Waals surface area contributed by atoms with Crippen molar-refractivity contribution in [3.05, 3.63) is 35.0 Å². The van der Waals surface area contributed by atoms with E-state index in [1.165, 1.54) is 0 Å². The van der Waals surface area contributed by atoms with Crippen LogP contribution in [0.5, 0.6) is 0 Å². The number of benzene rings is 1. The molecule has 0 saturated carbocycles. The molecule has 0 spiro atoms. The van der Waals surface area contributed by atoms with Crippen LogP contribution in [0.4, 0.5) is 14.7 Å². The molecule has 4 rings (SSSR count). The van der Waals surface area contributed by atoms with Crippen molar-refractivity contribution >= 4 is 16.0 Å². The highest BCUT2D eigenvalue weighted by atomic mass is 32.2. The first-order chi connectivity index (χ1) is 12.3. The van der Waals surface area contributed by atoms with Crippen molar-refractivity contribution in [1.29, 1.82) is 0 Å². The largest absolute Gasteiger partial charge is 0.338 e. The molecule has 2 N–H and O–H groups in total. The number of hydrogen-bond acceptors (Lipinski definition) is 5. The lowest BCUT2D eigenvalue weighted by atomic mass is 10.0. The monoisotopic (exact) mass is 380 g/mol. The van der Waals surface area contributed by atoms with Gasteiger partial charge in [0.1, 0.15) is 16.5 Å². The predicted molar refractivity (Wildman–Crippen MR) is 92.2 cm³/mol. The second-order valence-electron chi connectivity index (χ2n) is 6.79. The van der Waals surface area contributed by atoms with E-state index in [1.54, 1.807) is 0 Å². The number of aryl methyl sites for hydroxylation is 1. The van der Waals surface area contributed by atoms with Crippen LogP contribution in [0.3, 0.4) is 0 Å². The lowest BCUT2D eigenvalue weighted by molar-refractivity contribution is 0.470. The van der Waals surface area contributed by atoms with Crippen molar-refractivity contribution in [2.24, 2.45) is 5.14 Å². The van der Waals surface area contributed by atoms with Gasteiger partial charge in [-0.05, 0) is 38.7 Å². The molecule has 0 bridgehead atoms. The topological polar surface area (TPSA) is 89.2 Å². The first-order valence-electron chi connectivity index (χ1n) is 8.44. The van der Waals surface area contributed by atoms with Crippen LogP contribution in [-0.2, 0) is 22.9 Å². The van der Waals surface area contributed by atoms with Crippen molar-refractivity contribution in [1.82, 2.24) is 9.97 Å². The average molecular weight is 380 g/mol. The number of primary sulfonamides is 1. The molecule has 1 atom stereocenters. The van der Waals surface area contributed by atoms with Gasteiger partial charge in [0.25, 0.3) is 0 Å². The highest BCUT2D eigenvalue weighted by Crippen LogP contribution is 2.36. The highest BCUT2D eigenvalue weighted by Gasteiger charge is 2.30. The Morgan fingerprint density at radius 3 is 2.58 bits per heavy atom. The van der Waals surface area contributed by atoms with Gasteiger partial charge < -0.3 is 4.90 Å². The standard InChI is InChI=1S/C17H18F2N4O2S/c1-9-5-6-23(9)17-21-14-4-2-3-10(14)16(22-17)11-7-15(26(20,24)25)13(19)8-12(11)18/h7-9H,2-6H2,1H3,(H2,20,24,25)/t9-/m0/s1. The summed E-state index contributed by atoms with van der Waals surface area (Å²) >= 11 is 0. The maximum atomic E-state index is 14.5. The number of sulfonamides is 1. The quantitative estimate of drug-likeness (QED) is 0.881. The zero-order chi connectivity index (χ0) is 18.6. The van der Waals surface area contributed by atoms with Crippen LogP contribution in [0.15, 0.2) is 17.0 Å². The molecule has 1 aromatic carbocycles. The second-order valence-corrected chi connectivity index (χ2v) is 8.32. The van der Waals surface area contributed by atoms with Crippen LogP contribution < -0.4 is 10.0 Å². The van der Waals surface area contributed by atoms with Gasteiger partial charge in [-0.25, -0.2) is 32.3 Å². The van der Waals surface area contributed by atoms with Gasteiger partial charge >= 0.3 is 0 Å². The summed E-state index contributed by atoms with van der Waals surface area (Å²) in [7, 11) is -4.32. The molecule has 1 fully saturated rings. The van der Waals surface area contributed by atoms with E-state index < -0.39 is 26.6 Å². The van der Waals surface area contributed by atoms with E-state index >= 15 is 0 Å². The fraction of sp³-hybridized carbons (Fsp3) is 0.412. The number of halogens is 2. The average Bonchev–Trinajstić information content (AvgIpc) is 3.00. The number of nitrogens with two attached hydrogens (primary N) is 1. The van der Waals surface area contributed by atoms with Gasteiger partial charge in [-0.2, -0.15) is 0 Å². The van der Waals surface area contributed by atoms with Crippen molar-refractivity contribution in [2.45, 2.75) is 43.5 Å². The van der Waals surface area contributed by atoms with Gasteiger partial charge in [0, 0.05) is 35.5 Å². The van der Waals surface area contributed by atoms with Gasteiger partial charge in [0.15, 0.2) is 0 Å². The highest BCUT2D eigenvalue weighted by molar-refractivity contribution is 7.89. The van der Waals surface area contributed by atoms with Crippen LogP contribution in [0, 0.1) is 11.6 Å². The van der Waals surface area contributed by atoms with Gasteiger partial charge in [-0.3, -0.25) is 0 Å². The minimum atomic E-state index is -4.32. The fourth-order valence-corrected chi connectivity index (χ4v) is 4.13. The summed E-state index contributed by atoms with van der Waals surface area (Å²) in [5.74, 6) is -1.58. The Labute approximate surface area is 150 Å². The summed E-state index contributed by atoms with van der Waals surface area (Å²) in [4.78, 5) is 10.4.